The van der Waals surface area contributed by atoms with Crippen LogP contribution in [0, 0.1) is 23.7 Å². The fourth-order valence-corrected chi connectivity index (χ4v) is 3.40. The molecule has 19 heavy (non-hydrogen) atoms. The van der Waals surface area contributed by atoms with Gasteiger partial charge in [0.1, 0.15) is 0 Å². The summed E-state index contributed by atoms with van der Waals surface area (Å²) in [5.74, 6) is -1.60. The first-order valence-electron chi connectivity index (χ1n) is 7.34. The quantitative estimate of drug-likeness (QED) is 0.548. The SMILES string of the molecule is CCCCCCNC(=O)[C@H]1C2C=CC(C2)[C@H]1C(=O)O. The van der Waals surface area contributed by atoms with Crippen LogP contribution >= 0.6 is 0 Å². The number of carboxylic acids is 1. The molecular weight excluding hydrogens is 242 g/mol. The molecule has 1 fully saturated rings. The summed E-state index contributed by atoms with van der Waals surface area (Å²) in [6.45, 7) is 2.82. The van der Waals surface area contributed by atoms with Crippen LogP contribution in [0.15, 0.2) is 12.2 Å². The smallest absolute Gasteiger partial charge is 0.307 e. The molecule has 4 heteroatoms. The molecule has 2 N–H and O–H groups in total. The average molecular weight is 265 g/mol. The zero-order valence-corrected chi connectivity index (χ0v) is 11.5. The molecule has 4 nitrogen and oxygen atoms in total. The number of fused-ring (bicyclic) bond motifs is 2. The van der Waals surface area contributed by atoms with Gasteiger partial charge in [-0.2, -0.15) is 0 Å². The second kappa shape index (κ2) is 6.22. The number of hydrogen-bond donors (Lipinski definition) is 2. The summed E-state index contributed by atoms with van der Waals surface area (Å²) >= 11 is 0. The van der Waals surface area contributed by atoms with Crippen molar-refractivity contribution in [2.75, 3.05) is 6.54 Å². The molecule has 0 aromatic rings. The van der Waals surface area contributed by atoms with E-state index in [4.69, 9.17) is 0 Å². The third-order valence-electron chi connectivity index (χ3n) is 4.38. The van der Waals surface area contributed by atoms with Crippen molar-refractivity contribution in [2.45, 2.75) is 39.0 Å². The first-order valence-corrected chi connectivity index (χ1v) is 7.34. The first kappa shape index (κ1) is 14.1. The summed E-state index contributed by atoms with van der Waals surface area (Å²) in [4.78, 5) is 23.5. The van der Waals surface area contributed by atoms with Crippen LogP contribution < -0.4 is 5.32 Å². The third kappa shape index (κ3) is 2.99. The maximum absolute atomic E-state index is 12.2. The number of amides is 1. The lowest BCUT2D eigenvalue weighted by atomic mass is 9.82. The number of carbonyl (C=O) groups excluding carboxylic acids is 1. The van der Waals surface area contributed by atoms with Gasteiger partial charge in [-0.1, -0.05) is 38.3 Å². The summed E-state index contributed by atoms with van der Waals surface area (Å²) in [5.41, 5.74) is 0. The number of carboxylic acid groups (broad SMARTS) is 1. The number of unbranched alkanes of at least 4 members (excludes halogenated alkanes) is 3. The Balaban J connectivity index is 1.84. The predicted molar refractivity (Wildman–Crippen MR) is 72.5 cm³/mol. The monoisotopic (exact) mass is 265 g/mol. The summed E-state index contributed by atoms with van der Waals surface area (Å²) in [5, 5.41) is 12.2. The van der Waals surface area contributed by atoms with Gasteiger partial charge in [0.15, 0.2) is 0 Å². The molecule has 4 atom stereocenters. The third-order valence-corrected chi connectivity index (χ3v) is 4.38. The van der Waals surface area contributed by atoms with E-state index >= 15 is 0 Å². The summed E-state index contributed by atoms with van der Waals surface area (Å²) in [6, 6.07) is 0. The van der Waals surface area contributed by atoms with E-state index in [0.717, 1.165) is 19.3 Å². The van der Waals surface area contributed by atoms with Crippen LogP contribution in [0.5, 0.6) is 0 Å². The normalized spacial score (nSPS) is 31.6. The standard InChI is InChI=1S/C15H23NO3/c1-2-3-4-5-8-16-14(17)12-10-6-7-11(9-10)13(12)15(18)19/h6-7,10-13H,2-5,8-9H2,1H3,(H,16,17)(H,18,19)/t10?,11?,12-,13+/m0/s1. The van der Waals surface area contributed by atoms with E-state index in [1.165, 1.54) is 12.8 Å². The molecule has 0 aliphatic heterocycles. The Kier molecular flexibility index (Phi) is 4.61. The van der Waals surface area contributed by atoms with E-state index in [9.17, 15) is 14.7 Å². The van der Waals surface area contributed by atoms with Crippen LogP contribution in [0.25, 0.3) is 0 Å². The van der Waals surface area contributed by atoms with Crippen molar-refractivity contribution in [1.82, 2.24) is 5.32 Å². The van der Waals surface area contributed by atoms with Crippen LogP contribution in [0.4, 0.5) is 0 Å². The fraction of sp³-hybridized carbons (Fsp3) is 0.733. The molecule has 1 amide bonds. The minimum absolute atomic E-state index is 0.0540. The highest BCUT2D eigenvalue weighted by molar-refractivity contribution is 5.86. The summed E-state index contributed by atoms with van der Waals surface area (Å²) < 4.78 is 0. The molecule has 0 aromatic heterocycles. The van der Waals surface area contributed by atoms with Crippen LogP contribution in [0.2, 0.25) is 0 Å². The molecule has 2 rings (SSSR count). The molecule has 0 heterocycles. The lowest BCUT2D eigenvalue weighted by Gasteiger charge is -2.23. The van der Waals surface area contributed by atoms with Gasteiger partial charge < -0.3 is 10.4 Å². The van der Waals surface area contributed by atoms with Gasteiger partial charge >= 0.3 is 5.97 Å². The summed E-state index contributed by atoms with van der Waals surface area (Å²) in [6.07, 6.45) is 9.27. The second-order valence-electron chi connectivity index (χ2n) is 5.69. The maximum Gasteiger partial charge on any atom is 0.307 e. The highest BCUT2D eigenvalue weighted by Gasteiger charge is 2.51. The largest absolute Gasteiger partial charge is 0.481 e. The Hall–Kier alpha value is -1.32. The highest BCUT2D eigenvalue weighted by atomic mass is 16.4. The number of hydrogen-bond acceptors (Lipinski definition) is 2. The Labute approximate surface area is 114 Å². The predicted octanol–water partition coefficient (Wildman–Crippen LogP) is 2.21. The zero-order valence-electron chi connectivity index (χ0n) is 11.5. The molecule has 2 aliphatic carbocycles. The number of nitrogens with one attached hydrogen (secondary N) is 1. The van der Waals surface area contributed by atoms with Crippen molar-refractivity contribution in [2.24, 2.45) is 23.7 Å². The van der Waals surface area contributed by atoms with Crippen molar-refractivity contribution in [1.29, 1.82) is 0 Å². The van der Waals surface area contributed by atoms with Gasteiger partial charge in [-0.05, 0) is 24.7 Å². The number of rotatable bonds is 7. The van der Waals surface area contributed by atoms with Crippen molar-refractivity contribution in [3.63, 3.8) is 0 Å². The Morgan fingerprint density at radius 3 is 2.47 bits per heavy atom. The van der Waals surface area contributed by atoms with E-state index in [1.807, 2.05) is 12.2 Å². The molecule has 0 saturated heterocycles. The fourth-order valence-electron chi connectivity index (χ4n) is 3.40. The van der Waals surface area contributed by atoms with Gasteiger partial charge in [-0.15, -0.1) is 0 Å². The van der Waals surface area contributed by atoms with Gasteiger partial charge in [0, 0.05) is 6.54 Å². The summed E-state index contributed by atoms with van der Waals surface area (Å²) in [7, 11) is 0. The molecule has 106 valence electrons. The lowest BCUT2D eigenvalue weighted by Crippen LogP contribution is -2.40. The van der Waals surface area contributed by atoms with Crippen LogP contribution in [0.3, 0.4) is 0 Å². The van der Waals surface area contributed by atoms with Gasteiger partial charge in [-0.3, -0.25) is 9.59 Å². The molecular formula is C15H23NO3. The van der Waals surface area contributed by atoms with Gasteiger partial charge in [0.2, 0.25) is 5.91 Å². The zero-order chi connectivity index (χ0) is 13.8. The van der Waals surface area contributed by atoms with E-state index in [0.29, 0.717) is 6.54 Å². The van der Waals surface area contributed by atoms with E-state index in [-0.39, 0.29) is 23.7 Å². The molecule has 2 bridgehead atoms. The number of allylic oxidation sites excluding steroid dienone is 2. The highest BCUT2D eigenvalue weighted by Crippen LogP contribution is 2.48. The van der Waals surface area contributed by atoms with Crippen LogP contribution in [0.1, 0.15) is 39.0 Å². The molecule has 0 radical (unpaired) electrons. The van der Waals surface area contributed by atoms with E-state index < -0.39 is 11.9 Å². The molecule has 0 spiro atoms. The van der Waals surface area contributed by atoms with Crippen LogP contribution in [-0.2, 0) is 9.59 Å². The van der Waals surface area contributed by atoms with Gasteiger partial charge in [-0.25, -0.2) is 0 Å². The average Bonchev–Trinajstić information content (AvgIpc) is 2.98. The molecule has 2 aliphatic rings. The number of aliphatic carboxylic acids is 1. The minimum Gasteiger partial charge on any atom is -0.481 e. The molecule has 0 aromatic carbocycles. The Morgan fingerprint density at radius 2 is 1.84 bits per heavy atom. The second-order valence-corrected chi connectivity index (χ2v) is 5.69. The van der Waals surface area contributed by atoms with Crippen molar-refractivity contribution < 1.29 is 14.7 Å². The molecule has 2 unspecified atom stereocenters. The Morgan fingerprint density at radius 1 is 1.16 bits per heavy atom. The van der Waals surface area contributed by atoms with E-state index in [2.05, 4.69) is 12.2 Å². The maximum atomic E-state index is 12.2. The van der Waals surface area contributed by atoms with Crippen LogP contribution in [-0.4, -0.2) is 23.5 Å². The van der Waals surface area contributed by atoms with Crippen molar-refractivity contribution in [3.8, 4) is 0 Å². The minimum atomic E-state index is -0.831. The van der Waals surface area contributed by atoms with E-state index in [1.54, 1.807) is 0 Å². The first-order chi connectivity index (χ1) is 9.15. The molecule has 1 saturated carbocycles. The number of carbonyl (C=O) groups is 2. The van der Waals surface area contributed by atoms with Gasteiger partial charge in [0.05, 0.1) is 11.8 Å². The van der Waals surface area contributed by atoms with Crippen molar-refractivity contribution >= 4 is 11.9 Å². The van der Waals surface area contributed by atoms with Gasteiger partial charge in [0.25, 0.3) is 0 Å². The topological polar surface area (TPSA) is 66.4 Å². The lowest BCUT2D eigenvalue weighted by molar-refractivity contribution is -0.147. The Bertz CT molecular complexity index is 378. The van der Waals surface area contributed by atoms with Crippen molar-refractivity contribution in [3.05, 3.63) is 12.2 Å².